The summed E-state index contributed by atoms with van der Waals surface area (Å²) in [5.74, 6) is -0.337. The van der Waals surface area contributed by atoms with E-state index < -0.39 is 0 Å². The van der Waals surface area contributed by atoms with E-state index in [9.17, 15) is 10.1 Å². The lowest BCUT2D eigenvalue weighted by molar-refractivity contribution is -0.481. The normalized spacial score (nSPS) is 11.9. The molecule has 0 aliphatic carbocycles. The van der Waals surface area contributed by atoms with Gasteiger partial charge in [-0.05, 0) is 11.6 Å². The Bertz CT molecular complexity index is 472. The van der Waals surface area contributed by atoms with Gasteiger partial charge in [-0.1, -0.05) is 43.0 Å². The Morgan fingerprint density at radius 1 is 1.53 bits per heavy atom. The molecule has 0 aromatic heterocycles. The number of rotatable bonds is 5. The zero-order valence-corrected chi connectivity index (χ0v) is 9.24. The van der Waals surface area contributed by atoms with Crippen molar-refractivity contribution in [2.75, 3.05) is 6.54 Å². The van der Waals surface area contributed by atoms with Gasteiger partial charge in [0.2, 0.25) is 6.54 Å². The van der Waals surface area contributed by atoms with E-state index in [4.69, 9.17) is 5.26 Å². The van der Waals surface area contributed by atoms with Crippen molar-refractivity contribution < 1.29 is 4.92 Å². The quantitative estimate of drug-likeness (QED) is 0.337. The lowest BCUT2D eigenvalue weighted by Crippen LogP contribution is -2.10. The second-order valence-electron chi connectivity index (χ2n) is 3.53. The Labute approximate surface area is 99.7 Å². The topological polar surface area (TPSA) is 66.9 Å². The van der Waals surface area contributed by atoms with Gasteiger partial charge < -0.3 is 0 Å². The zero-order chi connectivity index (χ0) is 12.7. The first-order chi connectivity index (χ1) is 8.13. The number of allylic oxidation sites excluding steroid dienone is 2. The van der Waals surface area contributed by atoms with Crippen molar-refractivity contribution in [1.82, 2.24) is 0 Å². The summed E-state index contributed by atoms with van der Waals surface area (Å²) in [6, 6.07) is 11.0. The molecule has 4 heteroatoms. The summed E-state index contributed by atoms with van der Waals surface area (Å²) in [5.41, 5.74) is 1.14. The maximum Gasteiger partial charge on any atom is 0.214 e. The molecule has 17 heavy (non-hydrogen) atoms. The van der Waals surface area contributed by atoms with Crippen molar-refractivity contribution in [1.29, 1.82) is 5.26 Å². The van der Waals surface area contributed by atoms with Gasteiger partial charge in [0.25, 0.3) is 0 Å². The molecule has 0 bridgehead atoms. The lowest BCUT2D eigenvalue weighted by atomic mass is 9.98. The minimum Gasteiger partial charge on any atom is -0.265 e. The second kappa shape index (κ2) is 6.23. The summed E-state index contributed by atoms with van der Waals surface area (Å²) in [6.07, 6.45) is 3.16. The van der Waals surface area contributed by atoms with E-state index in [0.717, 1.165) is 5.56 Å². The predicted octanol–water partition coefficient (Wildman–Crippen LogP) is 2.68. The first-order valence-electron chi connectivity index (χ1n) is 5.07. The highest BCUT2D eigenvalue weighted by Gasteiger charge is 2.13. The molecule has 0 saturated heterocycles. The Kier molecular flexibility index (Phi) is 4.64. The molecule has 0 radical (unpaired) electrons. The first-order valence-corrected chi connectivity index (χ1v) is 5.07. The van der Waals surface area contributed by atoms with E-state index in [-0.39, 0.29) is 23.0 Å². The van der Waals surface area contributed by atoms with Gasteiger partial charge in [-0.3, -0.25) is 10.1 Å². The van der Waals surface area contributed by atoms with Gasteiger partial charge in [0.05, 0.1) is 12.0 Å². The molecule has 0 spiro atoms. The van der Waals surface area contributed by atoms with Crippen LogP contribution in [0.25, 0.3) is 0 Å². The van der Waals surface area contributed by atoms with Crippen LogP contribution in [0.1, 0.15) is 11.5 Å². The second-order valence-corrected chi connectivity index (χ2v) is 3.53. The van der Waals surface area contributed by atoms with Gasteiger partial charge in [0.1, 0.15) is 0 Å². The van der Waals surface area contributed by atoms with Gasteiger partial charge in [0.15, 0.2) is 0 Å². The third kappa shape index (κ3) is 4.31. The van der Waals surface area contributed by atoms with E-state index in [1.165, 1.54) is 6.08 Å². The molecule has 0 amide bonds. The molecular weight excluding hydrogens is 216 g/mol. The van der Waals surface area contributed by atoms with Crippen LogP contribution in [0, 0.1) is 21.4 Å². The number of nitriles is 1. The molecular formula is C13H12N2O2. The Hall–Kier alpha value is -2.41. The Morgan fingerprint density at radius 2 is 2.18 bits per heavy atom. The van der Waals surface area contributed by atoms with Crippen molar-refractivity contribution >= 4 is 0 Å². The van der Waals surface area contributed by atoms with Crippen LogP contribution in [0.4, 0.5) is 0 Å². The molecule has 1 unspecified atom stereocenters. The van der Waals surface area contributed by atoms with Gasteiger partial charge in [-0.25, -0.2) is 0 Å². The van der Waals surface area contributed by atoms with E-state index in [1.807, 2.05) is 36.4 Å². The van der Waals surface area contributed by atoms with E-state index in [0.29, 0.717) is 0 Å². The number of nitrogens with zero attached hydrogens (tertiary/aromatic N) is 2. The monoisotopic (exact) mass is 228 g/mol. The van der Waals surface area contributed by atoms with Crippen LogP contribution >= 0.6 is 0 Å². The molecule has 1 aromatic carbocycles. The van der Waals surface area contributed by atoms with Gasteiger partial charge in [-0.15, -0.1) is 0 Å². The minimum atomic E-state index is -0.364. The molecule has 0 heterocycles. The van der Waals surface area contributed by atoms with Crippen molar-refractivity contribution in [3.8, 4) is 6.07 Å². The fraction of sp³-hybridized carbons (Fsp3) is 0.154. The van der Waals surface area contributed by atoms with Crippen LogP contribution in [-0.4, -0.2) is 11.5 Å². The maximum atomic E-state index is 10.6. The largest absolute Gasteiger partial charge is 0.265 e. The molecule has 1 aromatic rings. The molecule has 86 valence electrons. The molecule has 1 atom stereocenters. The zero-order valence-electron chi connectivity index (χ0n) is 9.24. The summed E-state index contributed by atoms with van der Waals surface area (Å²) >= 11 is 0. The van der Waals surface area contributed by atoms with Gasteiger partial charge in [0, 0.05) is 10.5 Å². The molecule has 0 aliphatic rings. The standard InChI is InChI=1S/C13H12N2O2/c1-11(9-14)7-8-13(10-15(16)17)12-5-3-2-4-6-12/h2-8,13H,1,10H2/b8-7+. The molecule has 4 nitrogen and oxygen atoms in total. The number of hydrogen-bond acceptors (Lipinski definition) is 3. The summed E-state index contributed by atoms with van der Waals surface area (Å²) in [6.45, 7) is 3.30. The fourth-order valence-corrected chi connectivity index (χ4v) is 1.41. The maximum absolute atomic E-state index is 10.6. The van der Waals surface area contributed by atoms with Crippen LogP contribution in [0.15, 0.2) is 54.6 Å². The summed E-state index contributed by atoms with van der Waals surface area (Å²) in [4.78, 5) is 10.2. The third-order valence-corrected chi connectivity index (χ3v) is 2.25. The van der Waals surface area contributed by atoms with Crippen LogP contribution in [0.3, 0.4) is 0 Å². The molecule has 0 N–H and O–H groups in total. The Morgan fingerprint density at radius 3 is 2.71 bits per heavy atom. The van der Waals surface area contributed by atoms with Crippen LogP contribution < -0.4 is 0 Å². The average Bonchev–Trinajstić information content (AvgIpc) is 2.34. The van der Waals surface area contributed by atoms with Crippen molar-refractivity contribution in [3.63, 3.8) is 0 Å². The number of nitro groups is 1. The lowest BCUT2D eigenvalue weighted by Gasteiger charge is -2.07. The van der Waals surface area contributed by atoms with Crippen molar-refractivity contribution in [2.45, 2.75) is 5.92 Å². The summed E-state index contributed by atoms with van der Waals surface area (Å²) < 4.78 is 0. The van der Waals surface area contributed by atoms with Crippen LogP contribution in [0.5, 0.6) is 0 Å². The van der Waals surface area contributed by atoms with E-state index in [2.05, 4.69) is 6.58 Å². The van der Waals surface area contributed by atoms with Gasteiger partial charge >= 0.3 is 0 Å². The molecule has 1 rings (SSSR count). The Balaban J connectivity index is 2.89. The van der Waals surface area contributed by atoms with E-state index >= 15 is 0 Å². The van der Waals surface area contributed by atoms with Crippen molar-refractivity contribution in [2.24, 2.45) is 0 Å². The first kappa shape index (κ1) is 12.7. The SMILES string of the molecule is C=C(C#N)/C=C/C(C[N+](=O)[O-])c1ccccc1. The van der Waals surface area contributed by atoms with Gasteiger partial charge in [-0.2, -0.15) is 5.26 Å². The smallest absolute Gasteiger partial charge is 0.214 e. The van der Waals surface area contributed by atoms with Crippen LogP contribution in [-0.2, 0) is 0 Å². The highest BCUT2D eigenvalue weighted by molar-refractivity contribution is 5.33. The highest BCUT2D eigenvalue weighted by atomic mass is 16.6. The molecule has 0 aliphatic heterocycles. The molecule has 0 fully saturated rings. The fourth-order valence-electron chi connectivity index (χ4n) is 1.41. The highest BCUT2D eigenvalue weighted by Crippen LogP contribution is 2.17. The number of hydrogen-bond donors (Lipinski definition) is 0. The average molecular weight is 228 g/mol. The predicted molar refractivity (Wildman–Crippen MR) is 64.9 cm³/mol. The number of benzene rings is 1. The van der Waals surface area contributed by atoms with Crippen molar-refractivity contribution in [3.05, 3.63) is 70.3 Å². The minimum absolute atomic E-state index is 0.195. The van der Waals surface area contributed by atoms with Crippen LogP contribution in [0.2, 0.25) is 0 Å². The van der Waals surface area contributed by atoms with E-state index in [1.54, 1.807) is 6.08 Å². The molecule has 0 saturated carbocycles. The summed E-state index contributed by atoms with van der Waals surface area (Å²) in [5, 5.41) is 19.1. The summed E-state index contributed by atoms with van der Waals surface area (Å²) in [7, 11) is 0. The third-order valence-electron chi connectivity index (χ3n) is 2.25.